The van der Waals surface area contributed by atoms with Crippen molar-refractivity contribution in [2.45, 2.75) is 43.0 Å². The predicted molar refractivity (Wildman–Crippen MR) is 94.0 cm³/mol. The molecular weight excluding hydrogens is 340 g/mol. The number of carbonyl (C=O) groups is 2. The Morgan fingerprint density at radius 1 is 1.08 bits per heavy atom. The zero-order valence-corrected chi connectivity index (χ0v) is 15.2. The first-order valence-corrected chi connectivity index (χ1v) is 10.6. The Kier molecular flexibility index (Phi) is 5.13. The van der Waals surface area contributed by atoms with Crippen LogP contribution in [-0.4, -0.2) is 50.5 Å². The molecule has 2 aliphatic rings. The molecule has 1 N–H and O–H groups in total. The molecule has 1 aliphatic carbocycles. The molecule has 1 saturated heterocycles. The van der Waals surface area contributed by atoms with E-state index in [-0.39, 0.29) is 28.7 Å². The lowest BCUT2D eigenvalue weighted by Crippen LogP contribution is -2.36. The van der Waals surface area contributed by atoms with E-state index in [0.29, 0.717) is 12.0 Å². The van der Waals surface area contributed by atoms with Crippen LogP contribution in [0.1, 0.15) is 42.5 Å². The van der Waals surface area contributed by atoms with E-state index in [2.05, 4.69) is 5.32 Å². The van der Waals surface area contributed by atoms with Crippen molar-refractivity contribution >= 4 is 21.7 Å². The Hall–Kier alpha value is -1.89. The van der Waals surface area contributed by atoms with Crippen molar-refractivity contribution in [1.82, 2.24) is 10.2 Å². The minimum absolute atomic E-state index is 0.00126. The lowest BCUT2D eigenvalue weighted by atomic mass is 10.1. The average molecular weight is 364 g/mol. The van der Waals surface area contributed by atoms with E-state index in [1.807, 2.05) is 4.90 Å². The van der Waals surface area contributed by atoms with Gasteiger partial charge in [-0.15, -0.1) is 0 Å². The summed E-state index contributed by atoms with van der Waals surface area (Å²) in [7, 11) is -3.27. The minimum Gasteiger partial charge on any atom is -0.349 e. The molecule has 0 unspecified atom stereocenters. The number of amides is 2. The van der Waals surface area contributed by atoms with Gasteiger partial charge in [0.25, 0.3) is 5.91 Å². The zero-order valence-electron chi connectivity index (χ0n) is 14.4. The molecule has 0 bridgehead atoms. The van der Waals surface area contributed by atoms with Crippen LogP contribution in [0, 0.1) is 5.92 Å². The van der Waals surface area contributed by atoms with Gasteiger partial charge in [-0.1, -0.05) is 0 Å². The van der Waals surface area contributed by atoms with Gasteiger partial charge in [0.1, 0.15) is 0 Å². The van der Waals surface area contributed by atoms with Gasteiger partial charge in [0.15, 0.2) is 9.84 Å². The predicted octanol–water partition coefficient (Wildman–Crippen LogP) is 1.61. The van der Waals surface area contributed by atoms with E-state index in [1.54, 1.807) is 0 Å². The molecule has 0 radical (unpaired) electrons. The summed E-state index contributed by atoms with van der Waals surface area (Å²) in [6, 6.07) is 5.93. The molecule has 1 saturated carbocycles. The molecular formula is C18H24N2O4S. The third kappa shape index (κ3) is 4.21. The highest BCUT2D eigenvalue weighted by Gasteiger charge is 2.34. The number of carbonyl (C=O) groups excluding carboxylic acids is 2. The van der Waals surface area contributed by atoms with Gasteiger partial charge in [-0.2, -0.15) is 0 Å². The fraction of sp³-hybridized carbons (Fsp3) is 0.556. The molecule has 2 atom stereocenters. The second-order valence-corrected chi connectivity index (χ2v) is 9.03. The molecule has 1 heterocycles. The fourth-order valence-electron chi connectivity index (χ4n) is 3.65. The molecule has 6 nitrogen and oxygen atoms in total. The van der Waals surface area contributed by atoms with Gasteiger partial charge in [0, 0.05) is 36.9 Å². The van der Waals surface area contributed by atoms with Gasteiger partial charge in [0.2, 0.25) is 5.91 Å². The maximum Gasteiger partial charge on any atom is 0.251 e. The fourth-order valence-corrected chi connectivity index (χ4v) is 4.29. The summed E-state index contributed by atoms with van der Waals surface area (Å²) in [5.74, 6) is 0.0158. The first-order valence-electron chi connectivity index (χ1n) is 8.74. The van der Waals surface area contributed by atoms with E-state index >= 15 is 0 Å². The molecule has 136 valence electrons. The quantitative estimate of drug-likeness (QED) is 0.880. The smallest absolute Gasteiger partial charge is 0.251 e. The molecule has 25 heavy (non-hydrogen) atoms. The van der Waals surface area contributed by atoms with E-state index in [0.717, 1.165) is 45.0 Å². The van der Waals surface area contributed by atoms with Crippen molar-refractivity contribution < 1.29 is 18.0 Å². The number of sulfone groups is 1. The highest BCUT2D eigenvalue weighted by atomic mass is 32.2. The van der Waals surface area contributed by atoms with Crippen LogP contribution in [0.5, 0.6) is 0 Å². The van der Waals surface area contributed by atoms with Crippen molar-refractivity contribution in [3.8, 4) is 0 Å². The number of likely N-dealkylation sites (tertiary alicyclic amines) is 1. The van der Waals surface area contributed by atoms with Crippen LogP contribution in [0.3, 0.4) is 0 Å². The van der Waals surface area contributed by atoms with E-state index in [4.69, 9.17) is 0 Å². The number of nitrogens with zero attached hydrogens (tertiary/aromatic N) is 1. The van der Waals surface area contributed by atoms with Crippen molar-refractivity contribution in [3.05, 3.63) is 29.8 Å². The Labute approximate surface area is 148 Å². The average Bonchev–Trinajstić information content (AvgIpc) is 3.25. The van der Waals surface area contributed by atoms with Crippen molar-refractivity contribution in [2.24, 2.45) is 5.92 Å². The minimum atomic E-state index is -3.27. The molecule has 2 fully saturated rings. The monoisotopic (exact) mass is 364 g/mol. The summed E-state index contributed by atoms with van der Waals surface area (Å²) < 4.78 is 22.9. The molecule has 0 spiro atoms. The largest absolute Gasteiger partial charge is 0.349 e. The summed E-state index contributed by atoms with van der Waals surface area (Å²) in [6.07, 6.45) is 5.61. The van der Waals surface area contributed by atoms with Crippen LogP contribution >= 0.6 is 0 Å². The first-order chi connectivity index (χ1) is 11.8. The van der Waals surface area contributed by atoms with Gasteiger partial charge < -0.3 is 10.2 Å². The maximum atomic E-state index is 12.4. The Bertz CT molecular complexity index is 752. The van der Waals surface area contributed by atoms with Crippen LogP contribution in [0.4, 0.5) is 0 Å². The molecule has 1 aromatic carbocycles. The van der Waals surface area contributed by atoms with Crippen LogP contribution in [0.2, 0.25) is 0 Å². The Morgan fingerprint density at radius 3 is 2.32 bits per heavy atom. The van der Waals surface area contributed by atoms with Gasteiger partial charge >= 0.3 is 0 Å². The Morgan fingerprint density at radius 2 is 1.72 bits per heavy atom. The highest BCUT2D eigenvalue weighted by Crippen LogP contribution is 2.28. The number of hydrogen-bond donors (Lipinski definition) is 1. The normalized spacial score (nSPS) is 23.6. The molecule has 1 aliphatic heterocycles. The second kappa shape index (κ2) is 7.15. The molecule has 2 amide bonds. The topological polar surface area (TPSA) is 83.5 Å². The van der Waals surface area contributed by atoms with E-state index in [9.17, 15) is 18.0 Å². The summed E-state index contributed by atoms with van der Waals surface area (Å²) in [5.41, 5.74) is 0.432. The summed E-state index contributed by atoms with van der Waals surface area (Å²) in [6.45, 7) is 1.72. The van der Waals surface area contributed by atoms with Gasteiger partial charge in [-0.05, 0) is 56.4 Å². The molecule has 3 rings (SSSR count). The number of rotatable bonds is 4. The highest BCUT2D eigenvalue weighted by molar-refractivity contribution is 7.90. The standard InChI is InChI=1S/C18H24N2O4S/c1-25(23,24)16-8-5-13(6-9-16)17(21)19-15-7-4-14(12-15)18(22)20-10-2-3-11-20/h5-6,8-9,14-15H,2-4,7,10-12H2,1H3,(H,19,21)/t14-,15+/m1/s1. The lowest BCUT2D eigenvalue weighted by Gasteiger charge is -2.20. The number of nitrogens with one attached hydrogen (secondary N) is 1. The maximum absolute atomic E-state index is 12.4. The summed E-state index contributed by atoms with van der Waals surface area (Å²) in [5, 5.41) is 2.97. The molecule has 7 heteroatoms. The lowest BCUT2D eigenvalue weighted by molar-refractivity contribution is -0.134. The van der Waals surface area contributed by atoms with Crippen LogP contribution in [0.25, 0.3) is 0 Å². The molecule has 1 aromatic rings. The summed E-state index contributed by atoms with van der Waals surface area (Å²) >= 11 is 0. The van der Waals surface area contributed by atoms with Crippen LogP contribution in [0.15, 0.2) is 29.2 Å². The van der Waals surface area contributed by atoms with E-state index in [1.165, 1.54) is 24.3 Å². The van der Waals surface area contributed by atoms with Crippen molar-refractivity contribution in [3.63, 3.8) is 0 Å². The van der Waals surface area contributed by atoms with Gasteiger partial charge in [-0.3, -0.25) is 9.59 Å². The van der Waals surface area contributed by atoms with Crippen molar-refractivity contribution in [1.29, 1.82) is 0 Å². The number of hydrogen-bond acceptors (Lipinski definition) is 4. The second-order valence-electron chi connectivity index (χ2n) is 7.01. The SMILES string of the molecule is CS(=O)(=O)c1ccc(C(=O)N[C@H]2CC[C@@H](C(=O)N3CCCC3)C2)cc1. The van der Waals surface area contributed by atoms with Crippen LogP contribution in [-0.2, 0) is 14.6 Å². The van der Waals surface area contributed by atoms with Crippen LogP contribution < -0.4 is 5.32 Å². The third-order valence-electron chi connectivity index (χ3n) is 5.08. The number of benzene rings is 1. The zero-order chi connectivity index (χ0) is 18.0. The van der Waals surface area contributed by atoms with Crippen molar-refractivity contribution in [2.75, 3.05) is 19.3 Å². The Balaban J connectivity index is 1.56. The third-order valence-corrected chi connectivity index (χ3v) is 6.21. The molecule has 0 aromatic heterocycles. The van der Waals surface area contributed by atoms with Gasteiger partial charge in [-0.25, -0.2) is 8.42 Å². The first kappa shape index (κ1) is 17.9. The van der Waals surface area contributed by atoms with Gasteiger partial charge in [0.05, 0.1) is 4.90 Å². The summed E-state index contributed by atoms with van der Waals surface area (Å²) in [4.78, 5) is 26.9. The van der Waals surface area contributed by atoms with E-state index < -0.39 is 9.84 Å².